The molecule has 0 unspecified atom stereocenters. The maximum atomic E-state index is 12.8. The molecule has 12 nitrogen and oxygen atoms in total. The Hall–Kier alpha value is -5.10. The summed E-state index contributed by atoms with van der Waals surface area (Å²) in [5.41, 5.74) is 3.61. The lowest BCUT2D eigenvalue weighted by molar-refractivity contribution is 0.0695. The molecule has 2 aromatic carbocycles. The van der Waals surface area contributed by atoms with Crippen molar-refractivity contribution in [3.63, 3.8) is 0 Å². The minimum atomic E-state index is -1.66. The summed E-state index contributed by atoms with van der Waals surface area (Å²) in [6.45, 7) is 1.90. The zero-order chi connectivity index (χ0) is 27.7. The molecule has 0 aliphatic rings. The Balaban J connectivity index is 1.80. The molecule has 0 amide bonds. The van der Waals surface area contributed by atoms with Crippen molar-refractivity contribution in [2.45, 2.75) is 6.92 Å². The van der Waals surface area contributed by atoms with Gasteiger partial charge in [0.1, 0.15) is 16.9 Å². The van der Waals surface area contributed by atoms with E-state index in [0.29, 0.717) is 5.69 Å². The summed E-state index contributed by atoms with van der Waals surface area (Å²) in [6, 6.07) is 10.9. The number of carboxylic acid groups (broad SMARTS) is 2. The Kier molecular flexibility index (Phi) is 6.91. The molecule has 2 aromatic heterocycles. The monoisotopic (exact) mass is 538 g/mol. The number of pyridine rings is 1. The fourth-order valence-corrected chi connectivity index (χ4v) is 3.89. The second-order valence-corrected chi connectivity index (χ2v) is 8.32. The summed E-state index contributed by atoms with van der Waals surface area (Å²) < 4.78 is 12.2. The first-order valence-corrected chi connectivity index (χ1v) is 11.1. The fraction of sp³-hybridized carbons (Fsp3) is 0.0800. The van der Waals surface area contributed by atoms with Gasteiger partial charge < -0.3 is 30.4 Å². The number of rotatable bonds is 7. The largest absolute Gasteiger partial charge is 0.493 e. The molecule has 38 heavy (non-hydrogen) atoms. The molecule has 194 valence electrons. The smallest absolute Gasteiger partial charge is 0.342 e. The van der Waals surface area contributed by atoms with Gasteiger partial charge in [-0.1, -0.05) is 35.4 Å². The molecule has 0 aliphatic carbocycles. The molecule has 0 spiro atoms. The van der Waals surface area contributed by atoms with Gasteiger partial charge in [0.15, 0.2) is 22.3 Å². The highest BCUT2D eigenvalue weighted by atomic mass is 35.5. The van der Waals surface area contributed by atoms with Gasteiger partial charge in [0.2, 0.25) is 0 Å². The molecule has 0 saturated heterocycles. The van der Waals surface area contributed by atoms with Crippen LogP contribution in [0.4, 0.5) is 5.82 Å². The molecule has 0 radical (unpaired) electrons. The van der Waals surface area contributed by atoms with Crippen molar-refractivity contribution in [1.29, 1.82) is 0 Å². The van der Waals surface area contributed by atoms with Crippen LogP contribution in [0.15, 0.2) is 58.3 Å². The van der Waals surface area contributed by atoms with E-state index in [0.717, 1.165) is 10.2 Å². The highest BCUT2D eigenvalue weighted by Gasteiger charge is 2.27. The minimum Gasteiger partial charge on any atom is -0.493 e. The number of hydrogen-bond donors (Lipinski definition) is 4. The normalized spacial score (nSPS) is 10.7. The molecule has 0 atom stereocenters. The van der Waals surface area contributed by atoms with E-state index in [4.69, 9.17) is 26.8 Å². The lowest BCUT2D eigenvalue weighted by Crippen LogP contribution is -2.24. The molecule has 0 fully saturated rings. The van der Waals surface area contributed by atoms with Crippen molar-refractivity contribution in [3.05, 3.63) is 91.1 Å². The number of carboxylic acids is 2. The third kappa shape index (κ3) is 4.67. The molecule has 4 aromatic rings. The Labute approximate surface area is 218 Å². The van der Waals surface area contributed by atoms with Gasteiger partial charge in [-0.05, 0) is 36.8 Å². The first-order valence-electron chi connectivity index (χ1n) is 10.8. The number of nitrogens with zero attached hydrogens (tertiary/aromatic N) is 2. The quantitative estimate of drug-likeness (QED) is 0.272. The number of methoxy groups -OCH3 is 1. The Morgan fingerprint density at radius 2 is 1.66 bits per heavy atom. The standard InChI is InChI=1S/C25H19ClN4O8/c1-11-3-6-13(7-4-11)30-23(32)20(26)16(10-28-30)38-14-8-5-12(9-15(14)37-2)17-18(24(33)34)21(27)29-22(31)19(17)25(35)36/h3-10H,1-2H3,(H,33,34)(H,35,36)(H3,27,29,31). The summed E-state index contributed by atoms with van der Waals surface area (Å²) in [6.07, 6.45) is 1.24. The van der Waals surface area contributed by atoms with E-state index >= 15 is 0 Å². The number of H-pyrrole nitrogens is 1. The number of aromatic nitrogens is 3. The van der Waals surface area contributed by atoms with Crippen LogP contribution in [0.25, 0.3) is 16.8 Å². The van der Waals surface area contributed by atoms with Crippen LogP contribution in [-0.2, 0) is 0 Å². The van der Waals surface area contributed by atoms with Crippen molar-refractivity contribution < 1.29 is 29.3 Å². The second-order valence-electron chi connectivity index (χ2n) is 7.95. The third-order valence-electron chi connectivity index (χ3n) is 5.51. The number of ether oxygens (including phenoxy) is 2. The number of aromatic amines is 1. The maximum absolute atomic E-state index is 12.8. The van der Waals surface area contributed by atoms with Gasteiger partial charge in [-0.3, -0.25) is 9.59 Å². The van der Waals surface area contributed by atoms with Gasteiger partial charge in [-0.15, -0.1) is 0 Å². The molecule has 13 heteroatoms. The minimum absolute atomic E-state index is 0.000750. The van der Waals surface area contributed by atoms with E-state index in [9.17, 15) is 29.4 Å². The van der Waals surface area contributed by atoms with Gasteiger partial charge >= 0.3 is 11.9 Å². The molecular formula is C25H19ClN4O8. The lowest BCUT2D eigenvalue weighted by Gasteiger charge is -2.16. The molecular weight excluding hydrogens is 520 g/mol. The van der Waals surface area contributed by atoms with Gasteiger partial charge in [0.05, 0.1) is 19.0 Å². The first-order chi connectivity index (χ1) is 18.0. The Morgan fingerprint density at radius 1 is 1.00 bits per heavy atom. The van der Waals surface area contributed by atoms with Gasteiger partial charge in [0, 0.05) is 5.56 Å². The van der Waals surface area contributed by atoms with Crippen LogP contribution in [0.3, 0.4) is 0 Å². The maximum Gasteiger partial charge on any atom is 0.342 e. The number of aryl methyl sites for hydroxylation is 1. The van der Waals surface area contributed by atoms with Crippen LogP contribution in [0.5, 0.6) is 17.2 Å². The van der Waals surface area contributed by atoms with Crippen LogP contribution in [0.2, 0.25) is 5.02 Å². The molecule has 0 saturated carbocycles. The van der Waals surface area contributed by atoms with E-state index in [1.165, 1.54) is 31.5 Å². The summed E-state index contributed by atoms with van der Waals surface area (Å²) in [5, 5.41) is 23.1. The fourth-order valence-electron chi connectivity index (χ4n) is 3.72. The van der Waals surface area contributed by atoms with Gasteiger partial charge in [-0.2, -0.15) is 9.78 Å². The summed E-state index contributed by atoms with van der Waals surface area (Å²) >= 11 is 6.28. The van der Waals surface area contributed by atoms with Crippen molar-refractivity contribution in [1.82, 2.24) is 14.8 Å². The summed E-state index contributed by atoms with van der Waals surface area (Å²) in [4.78, 5) is 50.9. The van der Waals surface area contributed by atoms with E-state index in [-0.39, 0.29) is 27.8 Å². The van der Waals surface area contributed by atoms with Gasteiger partial charge in [0.25, 0.3) is 11.1 Å². The van der Waals surface area contributed by atoms with E-state index < -0.39 is 45.6 Å². The molecule has 4 rings (SSSR count). The number of hydrogen-bond acceptors (Lipinski definition) is 8. The van der Waals surface area contributed by atoms with Crippen molar-refractivity contribution in [2.24, 2.45) is 0 Å². The topological polar surface area (TPSA) is 187 Å². The number of anilines is 1. The molecule has 2 heterocycles. The highest BCUT2D eigenvalue weighted by molar-refractivity contribution is 6.31. The number of aromatic carboxylic acids is 2. The zero-order valence-corrected chi connectivity index (χ0v) is 20.6. The third-order valence-corrected chi connectivity index (χ3v) is 5.86. The zero-order valence-electron chi connectivity index (χ0n) is 19.8. The molecule has 0 bridgehead atoms. The van der Waals surface area contributed by atoms with Crippen LogP contribution in [-0.4, -0.2) is 44.0 Å². The Morgan fingerprint density at radius 3 is 2.26 bits per heavy atom. The molecule has 0 aliphatic heterocycles. The number of carbonyl (C=O) groups is 2. The average molecular weight is 539 g/mol. The number of benzene rings is 2. The number of nitrogen functional groups attached to an aromatic ring is 1. The lowest BCUT2D eigenvalue weighted by atomic mass is 9.95. The van der Waals surface area contributed by atoms with Crippen molar-refractivity contribution >= 4 is 29.4 Å². The highest BCUT2D eigenvalue weighted by Crippen LogP contribution is 2.38. The first kappa shape index (κ1) is 26.0. The number of nitrogens with two attached hydrogens (primary N) is 1. The molecule has 5 N–H and O–H groups in total. The predicted octanol–water partition coefficient (Wildman–Crippen LogP) is 3.33. The second kappa shape index (κ2) is 10.1. The van der Waals surface area contributed by atoms with Crippen molar-refractivity contribution in [2.75, 3.05) is 12.8 Å². The Bertz CT molecular complexity index is 1710. The number of nitrogens with one attached hydrogen (secondary N) is 1. The number of halogens is 1. The summed E-state index contributed by atoms with van der Waals surface area (Å²) in [7, 11) is 1.28. The van der Waals surface area contributed by atoms with Crippen LogP contribution < -0.4 is 26.3 Å². The van der Waals surface area contributed by atoms with Gasteiger partial charge in [-0.25, -0.2) is 9.59 Å². The average Bonchev–Trinajstić information content (AvgIpc) is 2.86. The SMILES string of the molecule is COc1cc(-c2c(C(=O)O)c(N)[nH]c(=O)c2C(=O)O)ccc1Oc1cnn(-c2ccc(C)cc2)c(=O)c1Cl. The predicted molar refractivity (Wildman–Crippen MR) is 137 cm³/mol. The van der Waals surface area contributed by atoms with E-state index in [1.54, 1.807) is 12.1 Å². The summed E-state index contributed by atoms with van der Waals surface area (Å²) in [5.74, 6) is -3.78. The van der Waals surface area contributed by atoms with Crippen molar-refractivity contribution in [3.8, 4) is 34.1 Å². The van der Waals surface area contributed by atoms with Crippen LogP contribution in [0.1, 0.15) is 26.3 Å². The van der Waals surface area contributed by atoms with Crippen LogP contribution >= 0.6 is 11.6 Å². The van der Waals surface area contributed by atoms with Crippen LogP contribution in [0, 0.1) is 6.92 Å². The van der Waals surface area contributed by atoms with E-state index in [1.807, 2.05) is 24.0 Å². The van der Waals surface area contributed by atoms with E-state index in [2.05, 4.69) is 5.10 Å².